The number of rotatable bonds is 7. The van der Waals surface area contributed by atoms with Crippen molar-refractivity contribution in [1.29, 1.82) is 0 Å². The first-order valence-electron chi connectivity index (χ1n) is 5.30. The highest BCUT2D eigenvalue weighted by atomic mass is 16.1. The van der Waals surface area contributed by atoms with E-state index in [9.17, 15) is 4.79 Å². The predicted octanol–water partition coefficient (Wildman–Crippen LogP) is 0.902. The van der Waals surface area contributed by atoms with Gasteiger partial charge in [0, 0.05) is 19.5 Å². The van der Waals surface area contributed by atoms with Crippen LogP contribution in [0.4, 0.5) is 0 Å². The Morgan fingerprint density at radius 3 is 2.77 bits per heavy atom. The van der Waals surface area contributed by atoms with Gasteiger partial charge in [-0.3, -0.25) is 4.79 Å². The minimum Gasteiger partial charge on any atom is -0.356 e. The second-order valence-corrected chi connectivity index (χ2v) is 3.69. The Morgan fingerprint density at radius 2 is 2.15 bits per heavy atom. The molecule has 0 aromatic rings. The molecule has 0 aliphatic heterocycles. The number of hydrogen-bond acceptors (Lipinski definition) is 2. The molecule has 2 N–H and O–H groups in total. The molecule has 1 fully saturated rings. The van der Waals surface area contributed by atoms with Gasteiger partial charge in [-0.25, -0.2) is 0 Å². The Hall–Kier alpha value is -0.570. The smallest absolute Gasteiger partial charge is 0.221 e. The zero-order valence-electron chi connectivity index (χ0n) is 8.44. The van der Waals surface area contributed by atoms with Crippen LogP contribution in [0.5, 0.6) is 0 Å². The summed E-state index contributed by atoms with van der Waals surface area (Å²) in [5.41, 5.74) is 0. The zero-order valence-corrected chi connectivity index (χ0v) is 8.44. The standard InChI is InChI=1S/C10H20N2O/c1-2-12-10(13)6-8-11-7-5-9-3-4-9/h9,11H,2-8H2,1H3,(H,12,13). The van der Waals surface area contributed by atoms with E-state index in [2.05, 4.69) is 10.6 Å². The highest BCUT2D eigenvalue weighted by Crippen LogP contribution is 2.31. The lowest BCUT2D eigenvalue weighted by molar-refractivity contribution is -0.120. The molecule has 1 saturated carbocycles. The molecule has 0 spiro atoms. The van der Waals surface area contributed by atoms with Crippen LogP contribution in [-0.4, -0.2) is 25.5 Å². The summed E-state index contributed by atoms with van der Waals surface area (Å²) in [6.07, 6.45) is 4.73. The van der Waals surface area contributed by atoms with Gasteiger partial charge < -0.3 is 10.6 Å². The lowest BCUT2D eigenvalue weighted by Gasteiger charge is -2.03. The molecule has 1 aliphatic carbocycles. The second kappa shape index (κ2) is 5.97. The minimum absolute atomic E-state index is 0.154. The molecule has 0 atom stereocenters. The molecule has 0 aromatic carbocycles. The van der Waals surface area contributed by atoms with Crippen molar-refractivity contribution in [3.05, 3.63) is 0 Å². The minimum atomic E-state index is 0.154. The Morgan fingerprint density at radius 1 is 1.38 bits per heavy atom. The summed E-state index contributed by atoms with van der Waals surface area (Å²) >= 11 is 0. The highest BCUT2D eigenvalue weighted by molar-refractivity contribution is 5.75. The summed E-state index contributed by atoms with van der Waals surface area (Å²) in [4.78, 5) is 11.0. The van der Waals surface area contributed by atoms with Crippen LogP contribution in [0.25, 0.3) is 0 Å². The van der Waals surface area contributed by atoms with Crippen LogP contribution in [0.1, 0.15) is 32.6 Å². The summed E-state index contributed by atoms with van der Waals surface area (Å²) < 4.78 is 0. The van der Waals surface area contributed by atoms with Gasteiger partial charge in [0.1, 0.15) is 0 Å². The quantitative estimate of drug-likeness (QED) is 0.577. The zero-order chi connectivity index (χ0) is 9.52. The summed E-state index contributed by atoms with van der Waals surface area (Å²) in [7, 11) is 0. The van der Waals surface area contributed by atoms with Gasteiger partial charge in [0.25, 0.3) is 0 Å². The molecule has 13 heavy (non-hydrogen) atoms. The molecular weight excluding hydrogens is 164 g/mol. The van der Waals surface area contributed by atoms with Crippen molar-refractivity contribution in [1.82, 2.24) is 10.6 Å². The molecule has 0 bridgehead atoms. The Balaban J connectivity index is 1.79. The molecular formula is C10H20N2O. The summed E-state index contributed by atoms with van der Waals surface area (Å²) in [5.74, 6) is 1.14. The van der Waals surface area contributed by atoms with Gasteiger partial charge in [-0.2, -0.15) is 0 Å². The number of hydrogen-bond donors (Lipinski definition) is 2. The highest BCUT2D eigenvalue weighted by Gasteiger charge is 2.19. The van der Waals surface area contributed by atoms with Crippen LogP contribution < -0.4 is 10.6 Å². The fraction of sp³-hybridized carbons (Fsp3) is 0.900. The van der Waals surface area contributed by atoms with Gasteiger partial charge in [0.15, 0.2) is 0 Å². The van der Waals surface area contributed by atoms with E-state index < -0.39 is 0 Å². The largest absolute Gasteiger partial charge is 0.356 e. The molecule has 0 radical (unpaired) electrons. The molecule has 76 valence electrons. The lowest BCUT2D eigenvalue weighted by Crippen LogP contribution is -2.27. The monoisotopic (exact) mass is 184 g/mol. The average Bonchev–Trinajstić information content (AvgIpc) is 2.88. The molecule has 1 amide bonds. The summed E-state index contributed by atoms with van der Waals surface area (Å²) in [6, 6.07) is 0. The Bertz CT molecular complexity index is 155. The van der Waals surface area contributed by atoms with Crippen LogP contribution in [-0.2, 0) is 4.79 Å². The van der Waals surface area contributed by atoms with E-state index in [-0.39, 0.29) is 5.91 Å². The van der Waals surface area contributed by atoms with E-state index in [4.69, 9.17) is 0 Å². The molecule has 0 unspecified atom stereocenters. The first-order valence-corrected chi connectivity index (χ1v) is 5.30. The van der Waals surface area contributed by atoms with Crippen molar-refractivity contribution >= 4 is 5.91 Å². The summed E-state index contributed by atoms with van der Waals surface area (Å²) in [5, 5.41) is 6.06. The maximum absolute atomic E-state index is 11.0. The molecule has 0 aromatic heterocycles. The van der Waals surface area contributed by atoms with Crippen molar-refractivity contribution < 1.29 is 4.79 Å². The molecule has 3 nitrogen and oxygen atoms in total. The first kappa shape index (κ1) is 10.5. The van der Waals surface area contributed by atoms with Crippen LogP contribution in [0.2, 0.25) is 0 Å². The first-order chi connectivity index (χ1) is 6.33. The third-order valence-corrected chi connectivity index (χ3v) is 2.33. The maximum atomic E-state index is 11.0. The summed E-state index contributed by atoms with van der Waals surface area (Å²) in [6.45, 7) is 4.57. The normalized spacial score (nSPS) is 15.8. The molecule has 0 heterocycles. The molecule has 0 saturated heterocycles. The third-order valence-electron chi connectivity index (χ3n) is 2.33. The van der Waals surface area contributed by atoms with Crippen molar-refractivity contribution in [2.24, 2.45) is 5.92 Å². The van der Waals surface area contributed by atoms with E-state index >= 15 is 0 Å². The number of nitrogens with one attached hydrogen (secondary N) is 2. The van der Waals surface area contributed by atoms with Crippen molar-refractivity contribution in [3.8, 4) is 0 Å². The van der Waals surface area contributed by atoms with E-state index in [0.717, 1.165) is 25.6 Å². The van der Waals surface area contributed by atoms with Crippen LogP contribution >= 0.6 is 0 Å². The van der Waals surface area contributed by atoms with E-state index in [1.54, 1.807) is 0 Å². The Kier molecular flexibility index (Phi) is 4.83. The lowest BCUT2D eigenvalue weighted by atomic mass is 10.3. The number of carbonyl (C=O) groups is 1. The van der Waals surface area contributed by atoms with E-state index in [1.807, 2.05) is 6.92 Å². The maximum Gasteiger partial charge on any atom is 0.221 e. The van der Waals surface area contributed by atoms with Crippen molar-refractivity contribution in [3.63, 3.8) is 0 Å². The van der Waals surface area contributed by atoms with E-state index in [0.29, 0.717) is 6.42 Å². The van der Waals surface area contributed by atoms with Crippen molar-refractivity contribution in [2.75, 3.05) is 19.6 Å². The van der Waals surface area contributed by atoms with Gasteiger partial charge in [-0.15, -0.1) is 0 Å². The van der Waals surface area contributed by atoms with Gasteiger partial charge >= 0.3 is 0 Å². The fourth-order valence-corrected chi connectivity index (χ4v) is 1.33. The van der Waals surface area contributed by atoms with Gasteiger partial charge in [0.05, 0.1) is 0 Å². The Labute approximate surface area is 80.3 Å². The third kappa shape index (κ3) is 5.64. The molecule has 3 heteroatoms. The fourth-order valence-electron chi connectivity index (χ4n) is 1.33. The SMILES string of the molecule is CCNC(=O)CCNCCC1CC1. The second-order valence-electron chi connectivity index (χ2n) is 3.69. The number of amides is 1. The van der Waals surface area contributed by atoms with Crippen LogP contribution in [0.15, 0.2) is 0 Å². The topological polar surface area (TPSA) is 41.1 Å². The van der Waals surface area contributed by atoms with Gasteiger partial charge in [0.2, 0.25) is 5.91 Å². The van der Waals surface area contributed by atoms with Gasteiger partial charge in [-0.1, -0.05) is 12.8 Å². The van der Waals surface area contributed by atoms with Gasteiger partial charge in [-0.05, 0) is 25.8 Å². The number of carbonyl (C=O) groups excluding carboxylic acids is 1. The van der Waals surface area contributed by atoms with Crippen LogP contribution in [0, 0.1) is 5.92 Å². The van der Waals surface area contributed by atoms with Crippen molar-refractivity contribution in [2.45, 2.75) is 32.6 Å². The van der Waals surface area contributed by atoms with Crippen LogP contribution in [0.3, 0.4) is 0 Å². The predicted molar refractivity (Wildman–Crippen MR) is 53.5 cm³/mol. The molecule has 1 aliphatic rings. The molecule has 1 rings (SSSR count). The van der Waals surface area contributed by atoms with E-state index in [1.165, 1.54) is 19.3 Å². The average molecular weight is 184 g/mol.